The second kappa shape index (κ2) is 6.96. The molecule has 0 aliphatic rings. The predicted octanol–water partition coefficient (Wildman–Crippen LogP) is 2.06. The van der Waals surface area contributed by atoms with Crippen molar-refractivity contribution in [2.24, 2.45) is 0 Å². The Morgan fingerprint density at radius 3 is 2.13 bits per heavy atom. The summed E-state index contributed by atoms with van der Waals surface area (Å²) in [6, 6.07) is 17.6. The number of alkyl carbamates (subject to hydrolysis) is 1. The van der Waals surface area contributed by atoms with Crippen molar-refractivity contribution in [2.75, 3.05) is 6.54 Å². The van der Waals surface area contributed by atoms with E-state index >= 15 is 0 Å². The van der Waals surface area contributed by atoms with Crippen molar-refractivity contribution in [1.29, 1.82) is 0 Å². The maximum atomic E-state index is 11.6. The highest BCUT2D eigenvalue weighted by atomic mass is 16.6. The number of amides is 1. The number of rotatable bonds is 5. The van der Waals surface area contributed by atoms with Gasteiger partial charge in [0, 0.05) is 0 Å². The van der Waals surface area contributed by atoms with E-state index in [2.05, 4.69) is 5.32 Å². The lowest BCUT2D eigenvalue weighted by Crippen LogP contribution is -2.40. The van der Waals surface area contributed by atoms with Crippen LogP contribution in [0.15, 0.2) is 54.6 Å². The van der Waals surface area contributed by atoms with Crippen LogP contribution in [0.5, 0.6) is 0 Å². The van der Waals surface area contributed by atoms with Gasteiger partial charge < -0.3 is 20.0 Å². The molecular weight excluding hydrogens is 294 g/mol. The molecule has 23 heavy (non-hydrogen) atoms. The largest absolute Gasteiger partial charge is 0.548 e. The maximum Gasteiger partial charge on any atom is 0.408 e. The van der Waals surface area contributed by atoms with Crippen molar-refractivity contribution in [2.45, 2.75) is 19.4 Å². The Balaban J connectivity index is 2.08. The van der Waals surface area contributed by atoms with Gasteiger partial charge in [-0.15, -0.1) is 0 Å². The number of carbonyl (C=O) groups excluding carboxylic acids is 2. The summed E-state index contributed by atoms with van der Waals surface area (Å²) >= 11 is 0. The van der Waals surface area contributed by atoms with Gasteiger partial charge in [0.1, 0.15) is 5.60 Å². The lowest BCUT2D eigenvalue weighted by atomic mass is 9.95. The van der Waals surface area contributed by atoms with Gasteiger partial charge >= 0.3 is 6.09 Å². The zero-order valence-corrected chi connectivity index (χ0v) is 13.0. The van der Waals surface area contributed by atoms with Crippen molar-refractivity contribution in [3.8, 4) is 11.1 Å². The van der Waals surface area contributed by atoms with Crippen LogP contribution < -0.4 is 10.4 Å². The molecule has 0 aliphatic heterocycles. The molecule has 2 aromatic carbocycles. The first-order valence-electron chi connectivity index (χ1n) is 7.21. The topological polar surface area (TPSA) is 78.5 Å². The van der Waals surface area contributed by atoms with Gasteiger partial charge in [-0.1, -0.05) is 54.6 Å². The average Bonchev–Trinajstić information content (AvgIpc) is 2.53. The van der Waals surface area contributed by atoms with Gasteiger partial charge in [-0.3, -0.25) is 0 Å². The van der Waals surface area contributed by atoms with Crippen LogP contribution in [-0.4, -0.2) is 18.6 Å². The number of benzene rings is 2. The third-order valence-electron chi connectivity index (χ3n) is 3.41. The van der Waals surface area contributed by atoms with E-state index in [0.717, 1.165) is 16.7 Å². The van der Waals surface area contributed by atoms with Crippen LogP contribution in [0.1, 0.15) is 19.4 Å². The molecule has 2 rings (SSSR count). The first-order valence-corrected chi connectivity index (χ1v) is 7.21. The van der Waals surface area contributed by atoms with Gasteiger partial charge in [-0.05, 0) is 30.5 Å². The Hall–Kier alpha value is -2.82. The van der Waals surface area contributed by atoms with Gasteiger partial charge in [0.25, 0.3) is 0 Å². The molecule has 120 valence electrons. The summed E-state index contributed by atoms with van der Waals surface area (Å²) in [4.78, 5) is 21.9. The van der Waals surface area contributed by atoms with Crippen LogP contribution in [0.2, 0.25) is 0 Å². The standard InChI is InChI=1S/C18H19NO4/c1-18(2,23-17(22)19-12-16(20)21)15-10-8-14(9-11-15)13-6-4-3-5-7-13/h3-11H,12H2,1-2H3,(H,19,22)(H,20,21)/p-1. The highest BCUT2D eigenvalue weighted by Gasteiger charge is 2.25. The molecule has 0 aliphatic carbocycles. The normalized spacial score (nSPS) is 10.9. The quantitative estimate of drug-likeness (QED) is 0.916. The molecule has 0 unspecified atom stereocenters. The van der Waals surface area contributed by atoms with Gasteiger partial charge in [-0.2, -0.15) is 0 Å². The Morgan fingerprint density at radius 2 is 1.57 bits per heavy atom. The molecule has 0 aromatic heterocycles. The molecule has 0 radical (unpaired) electrons. The van der Waals surface area contributed by atoms with E-state index < -0.39 is 24.2 Å². The minimum atomic E-state index is -1.37. The second-order valence-electron chi connectivity index (χ2n) is 5.57. The number of carbonyl (C=O) groups is 2. The fourth-order valence-electron chi connectivity index (χ4n) is 2.17. The monoisotopic (exact) mass is 312 g/mol. The smallest absolute Gasteiger partial charge is 0.408 e. The number of carboxylic acids is 1. The SMILES string of the molecule is CC(C)(OC(=O)NCC(=O)[O-])c1ccc(-c2ccccc2)cc1. The van der Waals surface area contributed by atoms with Crippen LogP contribution in [-0.2, 0) is 15.1 Å². The van der Waals surface area contributed by atoms with E-state index in [1.54, 1.807) is 13.8 Å². The van der Waals surface area contributed by atoms with Crippen molar-refractivity contribution in [1.82, 2.24) is 5.32 Å². The van der Waals surface area contributed by atoms with E-state index in [9.17, 15) is 14.7 Å². The Kier molecular flexibility index (Phi) is 5.01. The summed E-state index contributed by atoms with van der Waals surface area (Å²) < 4.78 is 5.28. The summed E-state index contributed by atoms with van der Waals surface area (Å²) in [5.74, 6) is -1.37. The second-order valence-corrected chi connectivity index (χ2v) is 5.57. The van der Waals surface area contributed by atoms with E-state index in [1.807, 2.05) is 54.6 Å². The molecule has 0 saturated heterocycles. The van der Waals surface area contributed by atoms with Gasteiger partial charge in [0.15, 0.2) is 0 Å². The van der Waals surface area contributed by atoms with Gasteiger partial charge in [0.05, 0.1) is 12.5 Å². The van der Waals surface area contributed by atoms with E-state index in [1.165, 1.54) is 0 Å². The summed E-state index contributed by atoms with van der Waals surface area (Å²) in [6.45, 7) is 2.90. The molecular formula is C18H18NO4-. The van der Waals surface area contributed by atoms with Crippen LogP contribution in [0.3, 0.4) is 0 Å². The van der Waals surface area contributed by atoms with Crippen LogP contribution in [0.25, 0.3) is 11.1 Å². The number of carboxylic acid groups (broad SMARTS) is 1. The number of hydrogen-bond acceptors (Lipinski definition) is 4. The van der Waals surface area contributed by atoms with E-state index in [-0.39, 0.29) is 0 Å². The lowest BCUT2D eigenvalue weighted by Gasteiger charge is -2.26. The molecule has 0 saturated carbocycles. The third-order valence-corrected chi connectivity index (χ3v) is 3.41. The van der Waals surface area contributed by atoms with Crippen LogP contribution in [0, 0.1) is 0 Å². The van der Waals surface area contributed by atoms with E-state index in [0.29, 0.717) is 0 Å². The van der Waals surface area contributed by atoms with Crippen molar-refractivity contribution >= 4 is 12.1 Å². The van der Waals surface area contributed by atoms with Crippen molar-refractivity contribution in [3.63, 3.8) is 0 Å². The number of aliphatic carboxylic acids is 1. The molecule has 1 N–H and O–H groups in total. The summed E-state index contributed by atoms with van der Waals surface area (Å²) in [5, 5.41) is 12.5. The first kappa shape index (κ1) is 16.5. The maximum absolute atomic E-state index is 11.6. The fourth-order valence-corrected chi connectivity index (χ4v) is 2.17. The molecule has 0 spiro atoms. The highest BCUT2D eigenvalue weighted by molar-refractivity contribution is 5.75. The Morgan fingerprint density at radius 1 is 1.00 bits per heavy atom. The number of nitrogens with one attached hydrogen (secondary N) is 1. The summed E-state index contributed by atoms with van der Waals surface area (Å²) in [5.41, 5.74) is 2.09. The molecule has 0 atom stereocenters. The van der Waals surface area contributed by atoms with Gasteiger partial charge in [-0.25, -0.2) is 4.79 Å². The molecule has 5 nitrogen and oxygen atoms in total. The molecule has 5 heteroatoms. The minimum absolute atomic E-state index is 0.581. The fraction of sp³-hybridized carbons (Fsp3) is 0.222. The zero-order chi connectivity index (χ0) is 16.9. The highest BCUT2D eigenvalue weighted by Crippen LogP contribution is 2.27. The Labute approximate surface area is 134 Å². The Bertz CT molecular complexity index is 678. The third kappa shape index (κ3) is 4.57. The number of hydrogen-bond donors (Lipinski definition) is 1. The van der Waals surface area contributed by atoms with Crippen molar-refractivity contribution in [3.05, 3.63) is 60.2 Å². The zero-order valence-electron chi connectivity index (χ0n) is 13.0. The van der Waals surface area contributed by atoms with E-state index in [4.69, 9.17) is 4.74 Å². The average molecular weight is 312 g/mol. The molecule has 0 heterocycles. The molecule has 2 aromatic rings. The summed E-state index contributed by atoms with van der Waals surface area (Å²) in [7, 11) is 0. The summed E-state index contributed by atoms with van der Waals surface area (Å²) in [6.07, 6.45) is -0.800. The van der Waals surface area contributed by atoms with Crippen molar-refractivity contribution < 1.29 is 19.4 Å². The lowest BCUT2D eigenvalue weighted by molar-refractivity contribution is -0.303. The van der Waals surface area contributed by atoms with Gasteiger partial charge in [0.2, 0.25) is 0 Å². The minimum Gasteiger partial charge on any atom is -0.548 e. The van der Waals surface area contributed by atoms with Crippen LogP contribution in [0.4, 0.5) is 4.79 Å². The first-order chi connectivity index (χ1) is 10.9. The molecule has 0 bridgehead atoms. The van der Waals surface area contributed by atoms with Crippen LogP contribution >= 0.6 is 0 Å². The molecule has 1 amide bonds. The number of ether oxygens (including phenoxy) is 1. The molecule has 0 fully saturated rings. The predicted molar refractivity (Wildman–Crippen MR) is 84.4 cm³/mol.